The van der Waals surface area contributed by atoms with E-state index in [-0.39, 0.29) is 0 Å². The van der Waals surface area contributed by atoms with Crippen molar-refractivity contribution < 1.29 is 0 Å². The van der Waals surface area contributed by atoms with E-state index in [1.807, 2.05) is 0 Å². The van der Waals surface area contributed by atoms with Crippen LogP contribution in [-0.4, -0.2) is 11.0 Å². The van der Waals surface area contributed by atoms with Gasteiger partial charge in [-0.25, -0.2) is 0 Å². The lowest BCUT2D eigenvalue weighted by Gasteiger charge is -1.94. The molecule has 0 rings (SSSR count). The van der Waals surface area contributed by atoms with Gasteiger partial charge in [0.25, 0.3) is 0 Å². The highest BCUT2D eigenvalue weighted by Gasteiger charge is 1.81. The molecule has 0 aromatic rings. The van der Waals surface area contributed by atoms with Gasteiger partial charge in [-0.1, -0.05) is 18.5 Å². The molecule has 0 amide bonds. The third kappa shape index (κ3) is 6.18. The first-order chi connectivity index (χ1) is 3.27. The number of thiocarbonyl (C=S) groups is 1. The Bertz CT molecular complexity index is 64.7. The third-order valence-corrected chi connectivity index (χ3v) is 0.792. The minimum absolute atomic E-state index is 0.363. The van der Waals surface area contributed by atoms with Crippen LogP contribution in [0.3, 0.4) is 0 Å². The molecule has 0 heterocycles. The SMILES string of the molecule is CCCNC(=S)Cl. The van der Waals surface area contributed by atoms with Gasteiger partial charge >= 0.3 is 0 Å². The van der Waals surface area contributed by atoms with E-state index in [0.29, 0.717) is 4.45 Å². The van der Waals surface area contributed by atoms with Crippen molar-refractivity contribution in [2.75, 3.05) is 6.54 Å². The second-order valence-corrected chi connectivity index (χ2v) is 2.21. The monoisotopic (exact) mass is 137 g/mol. The van der Waals surface area contributed by atoms with Crippen LogP contribution in [-0.2, 0) is 0 Å². The predicted octanol–water partition coefficient (Wildman–Crippen LogP) is 1.51. The summed E-state index contributed by atoms with van der Waals surface area (Å²) < 4.78 is 0.363. The van der Waals surface area contributed by atoms with E-state index in [9.17, 15) is 0 Å². The van der Waals surface area contributed by atoms with E-state index in [1.165, 1.54) is 0 Å². The van der Waals surface area contributed by atoms with Gasteiger partial charge in [0.2, 0.25) is 0 Å². The summed E-state index contributed by atoms with van der Waals surface area (Å²) in [6.45, 7) is 2.94. The average Bonchev–Trinajstić information content (AvgIpc) is 1.61. The van der Waals surface area contributed by atoms with E-state index in [2.05, 4.69) is 24.5 Å². The van der Waals surface area contributed by atoms with Crippen LogP contribution in [0.5, 0.6) is 0 Å². The third-order valence-electron chi connectivity index (χ3n) is 0.514. The summed E-state index contributed by atoms with van der Waals surface area (Å²) in [5.41, 5.74) is 0. The van der Waals surface area contributed by atoms with Gasteiger partial charge in [0.05, 0.1) is 0 Å². The summed E-state index contributed by atoms with van der Waals surface area (Å²) in [5.74, 6) is 0. The van der Waals surface area contributed by atoms with E-state index in [0.717, 1.165) is 13.0 Å². The molecule has 0 saturated carbocycles. The van der Waals surface area contributed by atoms with Gasteiger partial charge in [0, 0.05) is 6.54 Å². The van der Waals surface area contributed by atoms with Crippen LogP contribution in [0.2, 0.25) is 0 Å². The topological polar surface area (TPSA) is 12.0 Å². The summed E-state index contributed by atoms with van der Waals surface area (Å²) >= 11 is 9.79. The van der Waals surface area contributed by atoms with Crippen molar-refractivity contribution in [2.45, 2.75) is 13.3 Å². The Labute approximate surface area is 54.0 Å². The molecule has 0 aliphatic rings. The van der Waals surface area contributed by atoms with Crippen LogP contribution in [0.25, 0.3) is 0 Å². The normalized spacial score (nSPS) is 8.29. The molecular formula is C4H8ClNS. The maximum atomic E-state index is 5.28. The number of nitrogens with one attached hydrogen (secondary N) is 1. The molecule has 1 N–H and O–H groups in total. The van der Waals surface area contributed by atoms with Crippen LogP contribution in [0, 0.1) is 0 Å². The first kappa shape index (κ1) is 7.18. The lowest BCUT2D eigenvalue weighted by Crippen LogP contribution is -2.16. The highest BCUT2D eigenvalue weighted by Crippen LogP contribution is 1.78. The second-order valence-electron chi connectivity index (χ2n) is 1.20. The Kier molecular flexibility index (Phi) is 4.45. The fraction of sp³-hybridized carbons (Fsp3) is 0.750. The average molecular weight is 138 g/mol. The molecule has 42 valence electrons. The second kappa shape index (κ2) is 4.34. The van der Waals surface area contributed by atoms with Crippen molar-refractivity contribution in [1.29, 1.82) is 0 Å². The fourth-order valence-electron chi connectivity index (χ4n) is 0.223. The molecule has 7 heavy (non-hydrogen) atoms. The van der Waals surface area contributed by atoms with Gasteiger partial charge in [-0.05, 0) is 18.6 Å². The molecule has 0 aromatic carbocycles. The summed E-state index contributed by atoms with van der Waals surface area (Å²) in [6.07, 6.45) is 1.06. The minimum Gasteiger partial charge on any atom is -0.367 e. The standard InChI is InChI=1S/C4H8ClNS/c1-2-3-6-4(5)7/h2-3H2,1H3,(H,6,7). The van der Waals surface area contributed by atoms with Gasteiger partial charge in [-0.2, -0.15) is 0 Å². The highest BCUT2D eigenvalue weighted by molar-refractivity contribution is 7.83. The van der Waals surface area contributed by atoms with Crippen LogP contribution in [0.15, 0.2) is 0 Å². The number of hydrogen-bond donors (Lipinski definition) is 1. The Morgan fingerprint density at radius 3 is 2.57 bits per heavy atom. The Hall–Kier alpha value is 0.180. The summed E-state index contributed by atoms with van der Waals surface area (Å²) in [7, 11) is 0. The van der Waals surface area contributed by atoms with E-state index < -0.39 is 0 Å². The maximum absolute atomic E-state index is 5.28. The maximum Gasteiger partial charge on any atom is 0.167 e. The molecule has 0 spiro atoms. The molecule has 0 aromatic heterocycles. The van der Waals surface area contributed by atoms with Crippen molar-refractivity contribution in [3.63, 3.8) is 0 Å². The van der Waals surface area contributed by atoms with E-state index >= 15 is 0 Å². The van der Waals surface area contributed by atoms with Crippen molar-refractivity contribution in [2.24, 2.45) is 0 Å². The molecule has 0 bridgehead atoms. The van der Waals surface area contributed by atoms with E-state index in [1.54, 1.807) is 0 Å². The lowest BCUT2D eigenvalue weighted by atomic mass is 10.5. The lowest BCUT2D eigenvalue weighted by molar-refractivity contribution is 0.854. The first-order valence-electron chi connectivity index (χ1n) is 2.20. The van der Waals surface area contributed by atoms with Crippen molar-refractivity contribution >= 4 is 28.3 Å². The Balaban J connectivity index is 2.82. The molecular weight excluding hydrogens is 130 g/mol. The van der Waals surface area contributed by atoms with Crippen LogP contribution >= 0.6 is 23.8 Å². The summed E-state index contributed by atoms with van der Waals surface area (Å²) in [6, 6.07) is 0. The van der Waals surface area contributed by atoms with Crippen molar-refractivity contribution in [3.05, 3.63) is 0 Å². The molecule has 0 aliphatic carbocycles. The predicted molar refractivity (Wildman–Crippen MR) is 36.7 cm³/mol. The molecule has 1 nitrogen and oxygen atoms in total. The van der Waals surface area contributed by atoms with Gasteiger partial charge in [0.1, 0.15) is 0 Å². The van der Waals surface area contributed by atoms with Gasteiger partial charge in [0.15, 0.2) is 4.45 Å². The highest BCUT2D eigenvalue weighted by atomic mass is 35.5. The van der Waals surface area contributed by atoms with Gasteiger partial charge < -0.3 is 5.32 Å². The number of halogens is 1. The van der Waals surface area contributed by atoms with Crippen molar-refractivity contribution in [1.82, 2.24) is 5.32 Å². The Morgan fingerprint density at radius 1 is 1.86 bits per heavy atom. The molecule has 0 saturated heterocycles. The van der Waals surface area contributed by atoms with Crippen LogP contribution in [0.4, 0.5) is 0 Å². The van der Waals surface area contributed by atoms with E-state index in [4.69, 9.17) is 11.6 Å². The molecule has 0 unspecified atom stereocenters. The Morgan fingerprint density at radius 2 is 2.43 bits per heavy atom. The van der Waals surface area contributed by atoms with Crippen molar-refractivity contribution in [3.8, 4) is 0 Å². The molecule has 0 radical (unpaired) electrons. The zero-order valence-electron chi connectivity index (χ0n) is 4.20. The smallest absolute Gasteiger partial charge is 0.167 e. The van der Waals surface area contributed by atoms with Gasteiger partial charge in [-0.3, -0.25) is 0 Å². The minimum atomic E-state index is 0.363. The number of hydrogen-bond acceptors (Lipinski definition) is 1. The van der Waals surface area contributed by atoms with Crippen LogP contribution in [0.1, 0.15) is 13.3 Å². The zero-order chi connectivity index (χ0) is 5.70. The number of rotatable bonds is 2. The quantitative estimate of drug-likeness (QED) is 0.352. The first-order valence-corrected chi connectivity index (χ1v) is 2.99. The summed E-state index contributed by atoms with van der Waals surface area (Å²) in [4.78, 5) is 0. The summed E-state index contributed by atoms with van der Waals surface area (Å²) in [5, 5.41) is 2.79. The molecule has 0 aliphatic heterocycles. The van der Waals surface area contributed by atoms with Crippen LogP contribution < -0.4 is 5.32 Å². The molecule has 3 heteroatoms. The molecule has 0 atom stereocenters. The zero-order valence-corrected chi connectivity index (χ0v) is 5.77. The largest absolute Gasteiger partial charge is 0.367 e. The fourth-order valence-corrected chi connectivity index (χ4v) is 0.420. The molecule has 0 fully saturated rings. The van der Waals surface area contributed by atoms with Gasteiger partial charge in [-0.15, -0.1) is 0 Å².